The molecule has 2 rings (SSSR count). The molecule has 0 saturated heterocycles. The number of nitrogens with two attached hydrogens (primary N) is 1. The molecule has 15 heavy (non-hydrogen) atoms. The van der Waals surface area contributed by atoms with Crippen molar-refractivity contribution in [3.63, 3.8) is 0 Å². The van der Waals surface area contributed by atoms with E-state index in [0.717, 1.165) is 22.1 Å². The first-order valence-electron chi connectivity index (χ1n) is 4.51. The van der Waals surface area contributed by atoms with Crippen LogP contribution in [0.4, 0.5) is 5.69 Å². The number of fused-ring (bicyclic) bond motifs is 1. The topological polar surface area (TPSA) is 55.1 Å². The molecule has 0 bridgehead atoms. The van der Waals surface area contributed by atoms with Crippen molar-refractivity contribution < 1.29 is 4.79 Å². The van der Waals surface area contributed by atoms with Crippen molar-refractivity contribution in [2.45, 2.75) is 18.9 Å². The van der Waals surface area contributed by atoms with Gasteiger partial charge in [-0.15, -0.1) is 12.4 Å². The number of amides is 1. The standard InChI is InChI=1S/C10H11BrN2O.ClH/c11-7-2-4-9-6(5-7)1-3-8(12)10(14)13-9;/h2,4-5,8H,1,3,12H2,(H,13,14);1H. The molecule has 1 aromatic carbocycles. The first-order valence-corrected chi connectivity index (χ1v) is 5.31. The van der Waals surface area contributed by atoms with Crippen LogP contribution >= 0.6 is 28.3 Å². The molecular weight excluding hydrogens is 279 g/mol. The number of hydrogen-bond acceptors (Lipinski definition) is 2. The van der Waals surface area contributed by atoms with Gasteiger partial charge in [-0.05, 0) is 36.6 Å². The third kappa shape index (κ3) is 2.71. The molecule has 0 fully saturated rings. The number of hydrogen-bond donors (Lipinski definition) is 2. The van der Waals surface area contributed by atoms with Crippen LogP contribution in [0.2, 0.25) is 0 Å². The second-order valence-corrected chi connectivity index (χ2v) is 4.35. The lowest BCUT2D eigenvalue weighted by Crippen LogP contribution is -2.34. The Kier molecular flexibility index (Phi) is 4.13. The van der Waals surface area contributed by atoms with Crippen molar-refractivity contribution in [2.24, 2.45) is 5.73 Å². The van der Waals surface area contributed by atoms with Crippen LogP contribution in [-0.4, -0.2) is 11.9 Å². The predicted molar refractivity (Wildman–Crippen MR) is 66.3 cm³/mol. The van der Waals surface area contributed by atoms with Crippen LogP contribution in [0.5, 0.6) is 0 Å². The number of halogens is 2. The molecule has 0 saturated carbocycles. The van der Waals surface area contributed by atoms with Crippen molar-refractivity contribution in [3.8, 4) is 0 Å². The minimum atomic E-state index is -0.388. The minimum absolute atomic E-state index is 0. The van der Waals surface area contributed by atoms with Crippen LogP contribution in [0.1, 0.15) is 12.0 Å². The van der Waals surface area contributed by atoms with Crippen LogP contribution in [-0.2, 0) is 11.2 Å². The maximum Gasteiger partial charge on any atom is 0.241 e. The Bertz CT molecular complexity index is 384. The molecule has 3 nitrogen and oxygen atoms in total. The van der Waals surface area contributed by atoms with Gasteiger partial charge in [-0.1, -0.05) is 15.9 Å². The molecule has 1 aromatic rings. The minimum Gasteiger partial charge on any atom is -0.324 e. The summed E-state index contributed by atoms with van der Waals surface area (Å²) in [6.07, 6.45) is 1.55. The average molecular weight is 292 g/mol. The molecule has 1 unspecified atom stereocenters. The Balaban J connectivity index is 0.00000112. The van der Waals surface area contributed by atoms with Gasteiger partial charge < -0.3 is 11.1 Å². The fourth-order valence-electron chi connectivity index (χ4n) is 1.56. The summed E-state index contributed by atoms with van der Waals surface area (Å²) in [5.74, 6) is -0.0916. The smallest absolute Gasteiger partial charge is 0.241 e. The van der Waals surface area contributed by atoms with E-state index in [2.05, 4.69) is 21.2 Å². The van der Waals surface area contributed by atoms with Crippen LogP contribution < -0.4 is 11.1 Å². The quantitative estimate of drug-likeness (QED) is 0.769. The maximum atomic E-state index is 11.4. The number of carbonyl (C=O) groups excluding carboxylic acids is 1. The normalized spacial score (nSPS) is 19.6. The summed E-state index contributed by atoms with van der Waals surface area (Å²) in [5, 5.41) is 2.81. The molecule has 1 atom stereocenters. The second kappa shape index (κ2) is 4.96. The number of carbonyl (C=O) groups is 1. The van der Waals surface area contributed by atoms with E-state index in [1.54, 1.807) is 0 Å². The summed E-state index contributed by atoms with van der Waals surface area (Å²) in [4.78, 5) is 11.4. The van der Waals surface area contributed by atoms with Crippen LogP contribution in [0.25, 0.3) is 0 Å². The van der Waals surface area contributed by atoms with Gasteiger partial charge in [-0.2, -0.15) is 0 Å². The zero-order valence-corrected chi connectivity index (χ0v) is 10.4. The van der Waals surface area contributed by atoms with E-state index < -0.39 is 0 Å². The molecule has 82 valence electrons. The molecule has 1 aliphatic rings. The van der Waals surface area contributed by atoms with E-state index in [1.165, 1.54) is 0 Å². The number of benzene rings is 1. The van der Waals surface area contributed by atoms with Gasteiger partial charge in [-0.3, -0.25) is 4.79 Å². The molecular formula is C10H12BrClN2O. The summed E-state index contributed by atoms with van der Waals surface area (Å²) < 4.78 is 1.03. The van der Waals surface area contributed by atoms with Gasteiger partial charge in [0.05, 0.1) is 6.04 Å². The Hall–Kier alpha value is -0.580. The summed E-state index contributed by atoms with van der Waals surface area (Å²) >= 11 is 3.40. The highest BCUT2D eigenvalue weighted by atomic mass is 79.9. The van der Waals surface area contributed by atoms with Gasteiger partial charge in [0.25, 0.3) is 0 Å². The van der Waals surface area contributed by atoms with E-state index >= 15 is 0 Å². The molecule has 3 N–H and O–H groups in total. The van der Waals surface area contributed by atoms with E-state index in [1.807, 2.05) is 18.2 Å². The molecule has 0 aliphatic carbocycles. The summed E-state index contributed by atoms with van der Waals surface area (Å²) in [7, 11) is 0. The van der Waals surface area contributed by atoms with Crippen LogP contribution in [0, 0.1) is 0 Å². The fourth-order valence-corrected chi connectivity index (χ4v) is 1.97. The molecule has 5 heteroatoms. The summed E-state index contributed by atoms with van der Waals surface area (Å²) in [5.41, 5.74) is 7.69. The van der Waals surface area contributed by atoms with Crippen molar-refractivity contribution in [1.29, 1.82) is 0 Å². The van der Waals surface area contributed by atoms with Gasteiger partial charge in [0.1, 0.15) is 0 Å². The summed E-state index contributed by atoms with van der Waals surface area (Å²) in [6.45, 7) is 0. The molecule has 1 heterocycles. The Labute approximate surface area is 103 Å². The molecule has 1 amide bonds. The predicted octanol–water partition coefficient (Wildman–Crippen LogP) is 2.08. The number of aryl methyl sites for hydroxylation is 1. The average Bonchev–Trinajstić information content (AvgIpc) is 2.29. The highest BCUT2D eigenvalue weighted by Crippen LogP contribution is 2.24. The van der Waals surface area contributed by atoms with Crippen LogP contribution in [0.3, 0.4) is 0 Å². The lowest BCUT2D eigenvalue weighted by Gasteiger charge is -2.07. The van der Waals surface area contributed by atoms with Gasteiger partial charge in [-0.25, -0.2) is 0 Å². The van der Waals surface area contributed by atoms with Crippen molar-refractivity contribution in [1.82, 2.24) is 0 Å². The Morgan fingerprint density at radius 1 is 1.47 bits per heavy atom. The van der Waals surface area contributed by atoms with Gasteiger partial charge in [0, 0.05) is 10.2 Å². The van der Waals surface area contributed by atoms with Gasteiger partial charge >= 0.3 is 0 Å². The highest BCUT2D eigenvalue weighted by molar-refractivity contribution is 9.10. The molecule has 1 aliphatic heterocycles. The van der Waals surface area contributed by atoms with Gasteiger partial charge in [0.2, 0.25) is 5.91 Å². The first-order chi connectivity index (χ1) is 6.66. The second-order valence-electron chi connectivity index (χ2n) is 3.44. The summed E-state index contributed by atoms with van der Waals surface area (Å²) in [6, 6.07) is 5.44. The van der Waals surface area contributed by atoms with Gasteiger partial charge in [0.15, 0.2) is 0 Å². The number of rotatable bonds is 0. The largest absolute Gasteiger partial charge is 0.324 e. The van der Waals surface area contributed by atoms with E-state index in [4.69, 9.17) is 5.73 Å². The fraction of sp³-hybridized carbons (Fsp3) is 0.300. The lowest BCUT2D eigenvalue weighted by molar-refractivity contribution is -0.117. The van der Waals surface area contributed by atoms with Crippen molar-refractivity contribution in [2.75, 3.05) is 5.32 Å². The van der Waals surface area contributed by atoms with E-state index in [9.17, 15) is 4.79 Å². The third-order valence-corrected chi connectivity index (χ3v) is 2.88. The number of nitrogens with one attached hydrogen (secondary N) is 1. The SMILES string of the molecule is Cl.NC1CCc2cc(Br)ccc2NC1=O. The molecule has 0 aromatic heterocycles. The van der Waals surface area contributed by atoms with E-state index in [0.29, 0.717) is 6.42 Å². The van der Waals surface area contributed by atoms with E-state index in [-0.39, 0.29) is 24.4 Å². The molecule has 0 radical (unpaired) electrons. The monoisotopic (exact) mass is 290 g/mol. The van der Waals surface area contributed by atoms with Crippen molar-refractivity contribution in [3.05, 3.63) is 28.2 Å². The Morgan fingerprint density at radius 2 is 2.20 bits per heavy atom. The Morgan fingerprint density at radius 3 is 2.93 bits per heavy atom. The lowest BCUT2D eigenvalue weighted by atomic mass is 10.1. The zero-order chi connectivity index (χ0) is 10.1. The maximum absolute atomic E-state index is 11.4. The number of anilines is 1. The zero-order valence-electron chi connectivity index (χ0n) is 8.00. The third-order valence-electron chi connectivity index (χ3n) is 2.39. The highest BCUT2D eigenvalue weighted by Gasteiger charge is 2.19. The van der Waals surface area contributed by atoms with Crippen LogP contribution in [0.15, 0.2) is 22.7 Å². The van der Waals surface area contributed by atoms with Crippen molar-refractivity contribution >= 4 is 39.9 Å². The first kappa shape index (κ1) is 12.5. The molecule has 0 spiro atoms.